The van der Waals surface area contributed by atoms with Gasteiger partial charge in [0.05, 0.1) is 6.61 Å². The Morgan fingerprint density at radius 2 is 2.15 bits per heavy atom. The van der Waals surface area contributed by atoms with Crippen molar-refractivity contribution in [2.24, 2.45) is 0 Å². The van der Waals surface area contributed by atoms with Gasteiger partial charge in [0.25, 0.3) is 0 Å². The molecule has 0 aliphatic carbocycles. The predicted molar refractivity (Wildman–Crippen MR) is 65.9 cm³/mol. The predicted octanol–water partition coefficient (Wildman–Crippen LogP) is -1.65. The average Bonchev–Trinajstić information content (AvgIpc) is 2.74. The summed E-state index contributed by atoms with van der Waals surface area (Å²) in [4.78, 5) is 18.6. The van der Waals surface area contributed by atoms with Gasteiger partial charge in [0.2, 0.25) is 0 Å². The summed E-state index contributed by atoms with van der Waals surface area (Å²) in [6.45, 7) is -0.415. The van der Waals surface area contributed by atoms with E-state index in [2.05, 4.69) is 9.97 Å². The van der Waals surface area contributed by atoms with Gasteiger partial charge in [-0.05, 0) is 12.1 Å². The van der Waals surface area contributed by atoms with E-state index in [-0.39, 0.29) is 0 Å². The molecule has 3 aliphatic heterocycles. The normalized spacial score (nSPS) is 29.9. The molecule has 0 amide bonds. The summed E-state index contributed by atoms with van der Waals surface area (Å²) in [5, 5.41) is 28.9. The molecule has 0 aromatic rings. The smallest absolute Gasteiger partial charge is 0.369 e. The number of pyridine rings is 1. The van der Waals surface area contributed by atoms with Crippen LogP contribution in [0, 0.1) is 0 Å². The summed E-state index contributed by atoms with van der Waals surface area (Å²) in [6, 6.07) is 3.40. The number of aromatic nitrogens is 3. The van der Waals surface area contributed by atoms with Gasteiger partial charge in [-0.25, -0.2) is 4.79 Å². The molecule has 0 spiro atoms. The van der Waals surface area contributed by atoms with Crippen LogP contribution >= 0.6 is 0 Å². The Balaban J connectivity index is 2.07. The topological polar surface area (TPSA) is 118 Å². The van der Waals surface area contributed by atoms with Gasteiger partial charge in [-0.2, -0.15) is 9.97 Å². The molecule has 0 aromatic heterocycles. The van der Waals surface area contributed by atoms with E-state index in [1.165, 1.54) is 10.8 Å². The molecule has 8 heteroatoms. The fourth-order valence-corrected chi connectivity index (χ4v) is 2.32. The van der Waals surface area contributed by atoms with Gasteiger partial charge in [-0.15, -0.1) is 0 Å². The van der Waals surface area contributed by atoms with E-state index in [9.17, 15) is 15.0 Å². The van der Waals surface area contributed by atoms with Crippen molar-refractivity contribution >= 4 is 0 Å². The highest BCUT2D eigenvalue weighted by molar-refractivity contribution is 5.54. The van der Waals surface area contributed by atoms with Gasteiger partial charge < -0.3 is 24.6 Å². The second kappa shape index (κ2) is 4.91. The van der Waals surface area contributed by atoms with Crippen molar-refractivity contribution in [2.45, 2.75) is 24.5 Å². The maximum atomic E-state index is 11.3. The number of rotatable bonds is 2. The van der Waals surface area contributed by atoms with Crippen LogP contribution in [-0.2, 0) is 4.74 Å². The zero-order valence-corrected chi connectivity index (χ0v) is 10.3. The van der Waals surface area contributed by atoms with Gasteiger partial charge in [0.1, 0.15) is 24.1 Å². The van der Waals surface area contributed by atoms with E-state index >= 15 is 0 Å². The van der Waals surface area contributed by atoms with Crippen LogP contribution in [0.25, 0.3) is 11.4 Å². The molecule has 0 saturated carbocycles. The molecule has 20 heavy (non-hydrogen) atoms. The molecule has 8 nitrogen and oxygen atoms in total. The Labute approximate surface area is 113 Å². The zero-order valence-electron chi connectivity index (χ0n) is 10.3. The minimum Gasteiger partial charge on any atom is -0.394 e. The Hall–Kier alpha value is -1.87. The minimum absolute atomic E-state index is 0.294. The van der Waals surface area contributed by atoms with Crippen LogP contribution in [0.5, 0.6) is 0 Å². The maximum Gasteiger partial charge on any atom is 0.369 e. The van der Waals surface area contributed by atoms with Gasteiger partial charge in [0.15, 0.2) is 6.23 Å². The van der Waals surface area contributed by atoms with Crippen LogP contribution in [0.3, 0.4) is 0 Å². The first kappa shape index (κ1) is 13.1. The summed E-state index contributed by atoms with van der Waals surface area (Å²) in [5.41, 5.74) is -0.0472. The first-order valence-electron chi connectivity index (χ1n) is 6.08. The zero-order chi connectivity index (χ0) is 14.3. The Morgan fingerprint density at radius 1 is 1.35 bits per heavy atom. The molecule has 0 radical (unpaired) electrons. The molecule has 3 aliphatic rings. The summed E-state index contributed by atoms with van der Waals surface area (Å²) >= 11 is 0. The average molecular weight is 279 g/mol. The van der Waals surface area contributed by atoms with Gasteiger partial charge >= 0.3 is 5.69 Å². The molecule has 3 rings (SSSR count). The molecule has 1 fully saturated rings. The lowest BCUT2D eigenvalue weighted by atomic mass is 10.1. The molecular formula is C12H13N3O5. The van der Waals surface area contributed by atoms with Crippen molar-refractivity contribution in [3.8, 4) is 11.4 Å². The highest BCUT2D eigenvalue weighted by Gasteiger charge is 2.43. The first-order chi connectivity index (χ1) is 9.61. The maximum absolute atomic E-state index is 11.3. The minimum atomic E-state index is -1.23. The van der Waals surface area contributed by atoms with Crippen LogP contribution in [0.15, 0.2) is 29.3 Å². The van der Waals surface area contributed by atoms with Crippen molar-refractivity contribution in [2.75, 3.05) is 6.61 Å². The molecule has 1 saturated heterocycles. The Bertz CT molecular complexity index is 645. The molecule has 3 heterocycles. The summed E-state index contributed by atoms with van der Waals surface area (Å²) in [6.07, 6.45) is -1.29. The van der Waals surface area contributed by atoms with E-state index in [0.29, 0.717) is 11.4 Å². The highest BCUT2D eigenvalue weighted by Crippen LogP contribution is 2.32. The number of nitrogens with zero attached hydrogens (tertiary/aromatic N) is 3. The van der Waals surface area contributed by atoms with Crippen molar-refractivity contribution in [1.82, 2.24) is 14.5 Å². The third kappa shape index (κ3) is 1.98. The van der Waals surface area contributed by atoms with Crippen LogP contribution in [0.1, 0.15) is 6.23 Å². The number of aliphatic hydroxyl groups excluding tert-OH is 3. The van der Waals surface area contributed by atoms with Crippen LogP contribution in [0.2, 0.25) is 0 Å². The van der Waals surface area contributed by atoms with E-state index in [4.69, 9.17) is 9.84 Å². The second-order valence-corrected chi connectivity index (χ2v) is 4.58. The van der Waals surface area contributed by atoms with Crippen molar-refractivity contribution in [3.63, 3.8) is 0 Å². The van der Waals surface area contributed by atoms with E-state index in [0.717, 1.165) is 0 Å². The van der Waals surface area contributed by atoms with Crippen LogP contribution in [-0.4, -0.2) is 54.8 Å². The van der Waals surface area contributed by atoms with Gasteiger partial charge in [-0.1, -0.05) is 0 Å². The Morgan fingerprint density at radius 3 is 2.85 bits per heavy atom. The second-order valence-electron chi connectivity index (χ2n) is 4.58. The first-order valence-corrected chi connectivity index (χ1v) is 6.08. The lowest BCUT2D eigenvalue weighted by Crippen LogP contribution is -2.33. The highest BCUT2D eigenvalue weighted by atomic mass is 16.6. The third-order valence-corrected chi connectivity index (χ3v) is 3.33. The third-order valence-electron chi connectivity index (χ3n) is 3.33. The van der Waals surface area contributed by atoms with E-state index < -0.39 is 36.8 Å². The lowest BCUT2D eigenvalue weighted by Gasteiger charge is -2.21. The SMILES string of the molecule is O=c1ncc2cccn([C@@H]3O[C@H](CO)[C@@H](O)[C@H]3O)c-2n1. The molecule has 106 valence electrons. The standard InChI is InChI=1S/C12H13N3O5/c16-5-7-8(17)9(18)11(20-7)15-3-1-2-6-4-13-12(19)14-10(6)15/h1-4,7-9,11,16-18H,5H2/t7-,8-,9-,11-/m1/s1. The lowest BCUT2D eigenvalue weighted by molar-refractivity contribution is -0.0525. The van der Waals surface area contributed by atoms with E-state index in [1.54, 1.807) is 18.3 Å². The summed E-state index contributed by atoms with van der Waals surface area (Å²) < 4.78 is 6.87. The number of fused-ring (bicyclic) bond motifs is 1. The molecule has 0 unspecified atom stereocenters. The molecule has 0 bridgehead atoms. The van der Waals surface area contributed by atoms with Crippen LogP contribution < -0.4 is 5.69 Å². The molecule has 4 atom stereocenters. The van der Waals surface area contributed by atoms with Crippen molar-refractivity contribution < 1.29 is 20.1 Å². The summed E-state index contributed by atoms with van der Waals surface area (Å²) in [5.74, 6) is 0.294. The van der Waals surface area contributed by atoms with Crippen LogP contribution in [0.4, 0.5) is 0 Å². The summed E-state index contributed by atoms with van der Waals surface area (Å²) in [7, 11) is 0. The Kier molecular flexibility index (Phi) is 3.22. The molecule has 3 N–H and O–H groups in total. The largest absolute Gasteiger partial charge is 0.394 e. The van der Waals surface area contributed by atoms with Crippen molar-refractivity contribution in [1.29, 1.82) is 0 Å². The van der Waals surface area contributed by atoms with Gasteiger partial charge in [0, 0.05) is 18.0 Å². The fraction of sp³-hybridized carbons (Fsp3) is 0.417. The van der Waals surface area contributed by atoms with Gasteiger partial charge in [-0.3, -0.25) is 0 Å². The number of hydrogen-bond acceptors (Lipinski definition) is 7. The van der Waals surface area contributed by atoms with Crippen molar-refractivity contribution in [3.05, 3.63) is 35.0 Å². The monoisotopic (exact) mass is 279 g/mol. The fourth-order valence-electron chi connectivity index (χ4n) is 2.32. The number of aliphatic hydroxyl groups is 3. The quantitative estimate of drug-likeness (QED) is 0.603. The molecule has 0 aromatic carbocycles. The molecular weight excluding hydrogens is 266 g/mol. The van der Waals surface area contributed by atoms with E-state index in [1.807, 2.05) is 0 Å². The number of ether oxygens (including phenoxy) is 1. The number of hydrogen-bond donors (Lipinski definition) is 3.